The minimum Gasteiger partial charge on any atom is -0.303 e. The van der Waals surface area contributed by atoms with Crippen LogP contribution in [0.25, 0.3) is 0 Å². The van der Waals surface area contributed by atoms with E-state index in [0.717, 1.165) is 12.8 Å². The summed E-state index contributed by atoms with van der Waals surface area (Å²) in [6.07, 6.45) is 45.9. The standard InChI is InChI=1S/C36H72O/c1-3-5-7-9-11-13-15-17-19-20-22-24-26-28-30-32-34-36(35-37)33-31-29-27-25-23-21-18-16-14-12-10-8-6-4-2/h35-36H,3-34H2,1-2H3. The van der Waals surface area contributed by atoms with Crippen LogP contribution in [0, 0.1) is 5.92 Å². The summed E-state index contributed by atoms with van der Waals surface area (Å²) in [7, 11) is 0. The van der Waals surface area contributed by atoms with E-state index in [1.165, 1.54) is 199 Å². The lowest BCUT2D eigenvalue weighted by Crippen LogP contribution is -2.02. The topological polar surface area (TPSA) is 17.1 Å². The van der Waals surface area contributed by atoms with Crippen molar-refractivity contribution in [2.45, 2.75) is 219 Å². The molecule has 0 saturated heterocycles. The van der Waals surface area contributed by atoms with Crippen molar-refractivity contribution in [2.24, 2.45) is 5.92 Å². The molecule has 0 spiro atoms. The van der Waals surface area contributed by atoms with Crippen molar-refractivity contribution in [3.8, 4) is 0 Å². The van der Waals surface area contributed by atoms with Gasteiger partial charge in [0.05, 0.1) is 0 Å². The van der Waals surface area contributed by atoms with Crippen molar-refractivity contribution in [2.75, 3.05) is 0 Å². The molecule has 0 radical (unpaired) electrons. The number of rotatable bonds is 33. The first-order valence-electron chi connectivity index (χ1n) is 17.8. The lowest BCUT2D eigenvalue weighted by Gasteiger charge is -2.10. The summed E-state index contributed by atoms with van der Waals surface area (Å²) in [5.41, 5.74) is 0. The van der Waals surface area contributed by atoms with Crippen molar-refractivity contribution in [3.05, 3.63) is 0 Å². The van der Waals surface area contributed by atoms with Crippen LogP contribution < -0.4 is 0 Å². The molecule has 0 aliphatic rings. The molecule has 0 fully saturated rings. The third-order valence-electron chi connectivity index (χ3n) is 8.55. The predicted molar refractivity (Wildman–Crippen MR) is 169 cm³/mol. The van der Waals surface area contributed by atoms with Gasteiger partial charge in [0.2, 0.25) is 0 Å². The summed E-state index contributed by atoms with van der Waals surface area (Å²) in [5, 5.41) is 0. The van der Waals surface area contributed by atoms with Crippen LogP contribution in [-0.4, -0.2) is 6.29 Å². The van der Waals surface area contributed by atoms with Gasteiger partial charge in [-0.3, -0.25) is 0 Å². The zero-order valence-electron chi connectivity index (χ0n) is 26.2. The SMILES string of the molecule is CCCCCCCCCCCCCCCCCCC(C=O)CCCCCCCCCCCCCCCC. The van der Waals surface area contributed by atoms with E-state index in [9.17, 15) is 4.79 Å². The second-order valence-electron chi connectivity index (χ2n) is 12.4. The summed E-state index contributed by atoms with van der Waals surface area (Å²) >= 11 is 0. The van der Waals surface area contributed by atoms with Crippen molar-refractivity contribution in [3.63, 3.8) is 0 Å². The summed E-state index contributed by atoms with van der Waals surface area (Å²) in [4.78, 5) is 11.5. The van der Waals surface area contributed by atoms with E-state index in [-0.39, 0.29) is 0 Å². The van der Waals surface area contributed by atoms with Crippen LogP contribution in [0.1, 0.15) is 219 Å². The van der Waals surface area contributed by atoms with Gasteiger partial charge in [-0.25, -0.2) is 0 Å². The van der Waals surface area contributed by atoms with Gasteiger partial charge in [0.25, 0.3) is 0 Å². The maximum Gasteiger partial charge on any atom is 0.123 e. The zero-order valence-corrected chi connectivity index (χ0v) is 26.2. The molecule has 0 aliphatic heterocycles. The Hall–Kier alpha value is -0.330. The highest BCUT2D eigenvalue weighted by molar-refractivity contribution is 5.53. The van der Waals surface area contributed by atoms with Gasteiger partial charge in [-0.05, 0) is 12.8 Å². The normalized spacial score (nSPS) is 12.3. The maximum atomic E-state index is 11.5. The monoisotopic (exact) mass is 521 g/mol. The Morgan fingerprint density at radius 3 is 0.703 bits per heavy atom. The van der Waals surface area contributed by atoms with E-state index in [0.29, 0.717) is 5.92 Å². The number of hydrogen-bond acceptors (Lipinski definition) is 1. The van der Waals surface area contributed by atoms with Crippen LogP contribution >= 0.6 is 0 Å². The lowest BCUT2D eigenvalue weighted by molar-refractivity contribution is -0.111. The van der Waals surface area contributed by atoms with Crippen molar-refractivity contribution >= 4 is 6.29 Å². The van der Waals surface area contributed by atoms with Gasteiger partial charge in [-0.15, -0.1) is 0 Å². The van der Waals surface area contributed by atoms with E-state index < -0.39 is 0 Å². The molecule has 0 amide bonds. The second kappa shape index (κ2) is 33.7. The molecule has 0 aromatic heterocycles. The van der Waals surface area contributed by atoms with Crippen LogP contribution in [0.2, 0.25) is 0 Å². The number of unbranched alkanes of at least 4 members (excludes halogenated alkanes) is 28. The molecular weight excluding hydrogens is 448 g/mol. The number of carbonyl (C=O) groups is 1. The maximum absolute atomic E-state index is 11.5. The largest absolute Gasteiger partial charge is 0.303 e. The fourth-order valence-corrected chi connectivity index (χ4v) is 5.84. The predicted octanol–water partition coefficient (Wildman–Crippen LogP) is 13.3. The average molecular weight is 521 g/mol. The van der Waals surface area contributed by atoms with Crippen LogP contribution in [0.3, 0.4) is 0 Å². The quantitative estimate of drug-likeness (QED) is 0.0621. The number of hydrogen-bond donors (Lipinski definition) is 0. The zero-order chi connectivity index (χ0) is 26.9. The molecule has 1 unspecified atom stereocenters. The first-order valence-corrected chi connectivity index (χ1v) is 17.8. The Kier molecular flexibility index (Phi) is 33.4. The molecule has 0 aliphatic carbocycles. The highest BCUT2D eigenvalue weighted by Crippen LogP contribution is 2.19. The Balaban J connectivity index is 3.26. The highest BCUT2D eigenvalue weighted by Gasteiger charge is 2.07. The van der Waals surface area contributed by atoms with Gasteiger partial charge in [0.1, 0.15) is 6.29 Å². The Morgan fingerprint density at radius 1 is 0.324 bits per heavy atom. The summed E-state index contributed by atoms with van der Waals surface area (Å²) in [6, 6.07) is 0. The first-order chi connectivity index (χ1) is 18.3. The Bertz CT molecular complexity index is 403. The van der Waals surface area contributed by atoms with E-state index in [4.69, 9.17) is 0 Å². The molecule has 37 heavy (non-hydrogen) atoms. The smallest absolute Gasteiger partial charge is 0.123 e. The van der Waals surface area contributed by atoms with Crippen molar-refractivity contribution < 1.29 is 4.79 Å². The minimum absolute atomic E-state index is 0.337. The molecule has 1 nitrogen and oxygen atoms in total. The molecule has 0 aromatic rings. The van der Waals surface area contributed by atoms with Crippen LogP contribution in [0.5, 0.6) is 0 Å². The molecule has 1 heteroatoms. The van der Waals surface area contributed by atoms with Gasteiger partial charge in [0, 0.05) is 5.92 Å². The van der Waals surface area contributed by atoms with Crippen LogP contribution in [-0.2, 0) is 4.79 Å². The molecule has 0 heterocycles. The van der Waals surface area contributed by atoms with Gasteiger partial charge >= 0.3 is 0 Å². The highest BCUT2D eigenvalue weighted by atomic mass is 16.1. The lowest BCUT2D eigenvalue weighted by atomic mass is 9.95. The van der Waals surface area contributed by atoms with Gasteiger partial charge in [0.15, 0.2) is 0 Å². The third kappa shape index (κ3) is 31.8. The number of carbonyl (C=O) groups excluding carboxylic acids is 1. The second-order valence-corrected chi connectivity index (χ2v) is 12.4. The molecule has 1 atom stereocenters. The Morgan fingerprint density at radius 2 is 0.514 bits per heavy atom. The van der Waals surface area contributed by atoms with Crippen LogP contribution in [0.4, 0.5) is 0 Å². The first kappa shape index (κ1) is 36.7. The molecular formula is C36H72O. The molecule has 0 aromatic carbocycles. The van der Waals surface area contributed by atoms with Crippen molar-refractivity contribution in [1.29, 1.82) is 0 Å². The van der Waals surface area contributed by atoms with E-state index in [1.54, 1.807) is 0 Å². The summed E-state index contributed by atoms with van der Waals surface area (Å²) < 4.78 is 0. The van der Waals surface area contributed by atoms with Crippen LogP contribution in [0.15, 0.2) is 0 Å². The van der Waals surface area contributed by atoms with Gasteiger partial charge in [-0.1, -0.05) is 206 Å². The summed E-state index contributed by atoms with van der Waals surface area (Å²) in [5.74, 6) is 0.337. The van der Waals surface area contributed by atoms with Gasteiger partial charge in [-0.2, -0.15) is 0 Å². The molecule has 0 bridgehead atoms. The molecule has 0 N–H and O–H groups in total. The third-order valence-corrected chi connectivity index (χ3v) is 8.55. The molecule has 0 saturated carbocycles. The Labute approximate surface area is 236 Å². The van der Waals surface area contributed by atoms with Gasteiger partial charge < -0.3 is 4.79 Å². The minimum atomic E-state index is 0.337. The average Bonchev–Trinajstić information content (AvgIpc) is 2.91. The summed E-state index contributed by atoms with van der Waals surface area (Å²) in [6.45, 7) is 4.59. The van der Waals surface area contributed by atoms with E-state index >= 15 is 0 Å². The fourth-order valence-electron chi connectivity index (χ4n) is 5.84. The van der Waals surface area contributed by atoms with Crippen molar-refractivity contribution in [1.82, 2.24) is 0 Å². The van der Waals surface area contributed by atoms with E-state index in [2.05, 4.69) is 13.8 Å². The number of aldehydes is 1. The molecule has 222 valence electrons. The fraction of sp³-hybridized carbons (Fsp3) is 0.972. The van der Waals surface area contributed by atoms with E-state index in [1.807, 2.05) is 0 Å². The molecule has 0 rings (SSSR count).